The van der Waals surface area contributed by atoms with Gasteiger partial charge in [-0.15, -0.1) is 0 Å². The summed E-state index contributed by atoms with van der Waals surface area (Å²) in [5.74, 6) is 0.825. The molecule has 19 heavy (non-hydrogen) atoms. The van der Waals surface area contributed by atoms with Crippen LogP contribution >= 0.6 is 0 Å². The predicted octanol–water partition coefficient (Wildman–Crippen LogP) is 4.24. The first-order valence-corrected chi connectivity index (χ1v) is 7.17. The van der Waals surface area contributed by atoms with Gasteiger partial charge in [-0.25, -0.2) is 0 Å². The number of hydrogen-bond acceptors (Lipinski definition) is 1. The first kappa shape index (κ1) is 12.4. The zero-order valence-electron chi connectivity index (χ0n) is 11.5. The van der Waals surface area contributed by atoms with Crippen LogP contribution in [0.3, 0.4) is 0 Å². The summed E-state index contributed by atoms with van der Waals surface area (Å²) in [6.45, 7) is 3.15. The van der Waals surface area contributed by atoms with Crippen molar-refractivity contribution in [2.75, 3.05) is 0 Å². The molecule has 3 rings (SSSR count). The van der Waals surface area contributed by atoms with Crippen molar-refractivity contribution in [1.29, 1.82) is 0 Å². The Balaban J connectivity index is 1.71. The van der Waals surface area contributed by atoms with Gasteiger partial charge in [0.15, 0.2) is 0 Å². The second-order valence-corrected chi connectivity index (χ2v) is 5.53. The minimum atomic E-state index is 0.515. The molecule has 0 aromatic heterocycles. The molecular formula is C18H21N. The summed E-state index contributed by atoms with van der Waals surface area (Å²) in [6.07, 6.45) is 2.72. The number of hydrogen-bond donors (Lipinski definition) is 1. The fraction of sp³-hybridized carbons (Fsp3) is 0.333. The second kappa shape index (κ2) is 5.58. The van der Waals surface area contributed by atoms with E-state index >= 15 is 0 Å². The van der Waals surface area contributed by atoms with Crippen molar-refractivity contribution in [3.05, 3.63) is 71.3 Å². The van der Waals surface area contributed by atoms with E-state index in [1.54, 1.807) is 0 Å². The molecule has 98 valence electrons. The Hall–Kier alpha value is -1.60. The molecule has 1 N–H and O–H groups in total. The van der Waals surface area contributed by atoms with Crippen LogP contribution in [-0.2, 0) is 6.54 Å². The van der Waals surface area contributed by atoms with Gasteiger partial charge in [0.2, 0.25) is 0 Å². The molecule has 0 saturated heterocycles. The van der Waals surface area contributed by atoms with Gasteiger partial charge in [-0.05, 0) is 42.4 Å². The lowest BCUT2D eigenvalue weighted by molar-refractivity contribution is 0.479. The molecule has 1 nitrogen and oxygen atoms in total. The van der Waals surface area contributed by atoms with Gasteiger partial charge >= 0.3 is 0 Å². The quantitative estimate of drug-likeness (QED) is 0.838. The van der Waals surface area contributed by atoms with E-state index in [1.165, 1.54) is 29.5 Å². The molecule has 1 aliphatic carbocycles. The fourth-order valence-corrected chi connectivity index (χ4v) is 2.67. The van der Waals surface area contributed by atoms with Crippen molar-refractivity contribution in [2.24, 2.45) is 5.92 Å². The lowest BCUT2D eigenvalue weighted by Gasteiger charge is -2.19. The van der Waals surface area contributed by atoms with E-state index in [0.717, 1.165) is 12.5 Å². The minimum absolute atomic E-state index is 0.515. The van der Waals surface area contributed by atoms with Crippen LogP contribution in [0.5, 0.6) is 0 Å². The smallest absolute Gasteiger partial charge is 0.0351 e. The average Bonchev–Trinajstić information content (AvgIpc) is 3.27. The summed E-state index contributed by atoms with van der Waals surface area (Å²) >= 11 is 0. The highest BCUT2D eigenvalue weighted by Gasteiger charge is 2.31. The van der Waals surface area contributed by atoms with E-state index < -0.39 is 0 Å². The minimum Gasteiger partial charge on any atom is -0.306 e. The van der Waals surface area contributed by atoms with Gasteiger partial charge in [-0.2, -0.15) is 0 Å². The van der Waals surface area contributed by atoms with E-state index in [1.807, 2.05) is 0 Å². The van der Waals surface area contributed by atoms with Gasteiger partial charge in [0.1, 0.15) is 0 Å². The topological polar surface area (TPSA) is 12.0 Å². The van der Waals surface area contributed by atoms with Crippen LogP contribution in [0, 0.1) is 12.8 Å². The van der Waals surface area contributed by atoms with Crippen molar-refractivity contribution in [3.63, 3.8) is 0 Å². The Morgan fingerprint density at radius 3 is 2.37 bits per heavy atom. The number of rotatable bonds is 5. The summed E-state index contributed by atoms with van der Waals surface area (Å²) in [5.41, 5.74) is 4.21. The number of nitrogens with one attached hydrogen (secondary N) is 1. The first-order chi connectivity index (χ1) is 9.34. The van der Waals surface area contributed by atoms with Crippen molar-refractivity contribution in [3.8, 4) is 0 Å². The maximum absolute atomic E-state index is 3.76. The van der Waals surface area contributed by atoms with Crippen LogP contribution < -0.4 is 5.32 Å². The Kier molecular flexibility index (Phi) is 3.65. The Morgan fingerprint density at radius 2 is 1.68 bits per heavy atom. The van der Waals surface area contributed by atoms with Crippen molar-refractivity contribution in [1.82, 2.24) is 5.32 Å². The zero-order valence-corrected chi connectivity index (χ0v) is 11.5. The average molecular weight is 251 g/mol. The summed E-state index contributed by atoms with van der Waals surface area (Å²) in [5, 5.41) is 3.76. The van der Waals surface area contributed by atoms with Gasteiger partial charge in [0, 0.05) is 12.6 Å². The van der Waals surface area contributed by atoms with E-state index in [-0.39, 0.29) is 0 Å². The van der Waals surface area contributed by atoms with Gasteiger partial charge in [-0.1, -0.05) is 54.6 Å². The number of benzene rings is 2. The molecule has 1 heteroatoms. The van der Waals surface area contributed by atoms with Crippen molar-refractivity contribution >= 4 is 0 Å². The number of aryl methyl sites for hydroxylation is 1. The van der Waals surface area contributed by atoms with Crippen LogP contribution in [0.15, 0.2) is 54.6 Å². The molecule has 0 amide bonds. The summed E-state index contributed by atoms with van der Waals surface area (Å²) in [4.78, 5) is 0. The summed E-state index contributed by atoms with van der Waals surface area (Å²) in [6, 6.07) is 20.0. The highest BCUT2D eigenvalue weighted by molar-refractivity contribution is 5.26. The van der Waals surface area contributed by atoms with E-state index in [0.29, 0.717) is 6.04 Å². The van der Waals surface area contributed by atoms with Crippen molar-refractivity contribution in [2.45, 2.75) is 32.4 Å². The van der Waals surface area contributed by atoms with Crippen molar-refractivity contribution < 1.29 is 0 Å². The molecule has 0 radical (unpaired) electrons. The maximum atomic E-state index is 3.76. The molecule has 1 aliphatic rings. The zero-order chi connectivity index (χ0) is 13.1. The molecule has 1 unspecified atom stereocenters. The molecule has 2 aromatic rings. The van der Waals surface area contributed by atoms with E-state index in [4.69, 9.17) is 0 Å². The standard InChI is InChI=1S/C18H21N/c1-14-7-5-6-10-17(14)13-19-18(16-11-12-16)15-8-3-2-4-9-15/h2-10,16,18-19H,11-13H2,1H3. The van der Waals surface area contributed by atoms with Crippen LogP contribution in [0.2, 0.25) is 0 Å². The van der Waals surface area contributed by atoms with Gasteiger partial charge in [0.25, 0.3) is 0 Å². The summed E-state index contributed by atoms with van der Waals surface area (Å²) in [7, 11) is 0. The normalized spacial score (nSPS) is 16.3. The molecule has 0 bridgehead atoms. The fourth-order valence-electron chi connectivity index (χ4n) is 2.67. The lowest BCUT2D eigenvalue weighted by atomic mass is 10.0. The molecule has 2 aromatic carbocycles. The second-order valence-electron chi connectivity index (χ2n) is 5.53. The van der Waals surface area contributed by atoms with Crippen LogP contribution in [-0.4, -0.2) is 0 Å². The maximum Gasteiger partial charge on any atom is 0.0351 e. The third-order valence-corrected chi connectivity index (χ3v) is 4.03. The molecule has 0 heterocycles. The Labute approximate surface area is 115 Å². The monoisotopic (exact) mass is 251 g/mol. The molecule has 1 atom stereocenters. The predicted molar refractivity (Wildman–Crippen MR) is 79.9 cm³/mol. The van der Waals surface area contributed by atoms with E-state index in [2.05, 4.69) is 66.8 Å². The van der Waals surface area contributed by atoms with Gasteiger partial charge < -0.3 is 5.32 Å². The molecule has 1 saturated carbocycles. The third kappa shape index (κ3) is 3.05. The highest BCUT2D eigenvalue weighted by atomic mass is 14.9. The Morgan fingerprint density at radius 1 is 1.00 bits per heavy atom. The van der Waals surface area contributed by atoms with Crippen LogP contribution in [0.1, 0.15) is 35.6 Å². The van der Waals surface area contributed by atoms with Crippen LogP contribution in [0.4, 0.5) is 0 Å². The Bertz CT molecular complexity index is 528. The highest BCUT2D eigenvalue weighted by Crippen LogP contribution is 2.41. The molecular weight excluding hydrogens is 230 g/mol. The molecule has 0 aliphatic heterocycles. The van der Waals surface area contributed by atoms with Crippen LogP contribution in [0.25, 0.3) is 0 Å². The summed E-state index contributed by atoms with van der Waals surface area (Å²) < 4.78 is 0. The largest absolute Gasteiger partial charge is 0.306 e. The third-order valence-electron chi connectivity index (χ3n) is 4.03. The molecule has 1 fully saturated rings. The van der Waals surface area contributed by atoms with Gasteiger partial charge in [0.05, 0.1) is 0 Å². The first-order valence-electron chi connectivity index (χ1n) is 7.17. The lowest BCUT2D eigenvalue weighted by Crippen LogP contribution is -2.23. The SMILES string of the molecule is Cc1ccccc1CNC(c1ccccc1)C1CC1. The molecule has 0 spiro atoms. The van der Waals surface area contributed by atoms with E-state index in [9.17, 15) is 0 Å². The van der Waals surface area contributed by atoms with Gasteiger partial charge in [-0.3, -0.25) is 0 Å².